The van der Waals surface area contributed by atoms with Crippen molar-refractivity contribution in [1.29, 1.82) is 0 Å². The SMILES string of the molecule is CSCC(=O)N[C@H](c1ccccn1)C1CC(O)C1. The smallest absolute Gasteiger partial charge is 0.230 e. The molecule has 0 bridgehead atoms. The predicted molar refractivity (Wildman–Crippen MR) is 72.2 cm³/mol. The van der Waals surface area contributed by atoms with Crippen LogP contribution >= 0.6 is 11.8 Å². The van der Waals surface area contributed by atoms with Gasteiger partial charge in [0.15, 0.2) is 0 Å². The molecule has 1 atom stereocenters. The molecule has 1 saturated carbocycles. The Morgan fingerprint density at radius 1 is 1.61 bits per heavy atom. The first-order chi connectivity index (χ1) is 8.70. The van der Waals surface area contributed by atoms with Crippen LogP contribution in [0.3, 0.4) is 0 Å². The summed E-state index contributed by atoms with van der Waals surface area (Å²) in [7, 11) is 0. The molecule has 1 aromatic rings. The summed E-state index contributed by atoms with van der Waals surface area (Å²) in [5, 5.41) is 12.4. The zero-order chi connectivity index (χ0) is 13.0. The van der Waals surface area contributed by atoms with Crippen LogP contribution in [0.1, 0.15) is 24.6 Å². The maximum Gasteiger partial charge on any atom is 0.230 e. The van der Waals surface area contributed by atoms with Gasteiger partial charge in [-0.05, 0) is 37.1 Å². The molecular formula is C13H18N2O2S. The Hall–Kier alpha value is -1.07. The van der Waals surface area contributed by atoms with Gasteiger partial charge in [-0.1, -0.05) is 6.07 Å². The number of aliphatic hydroxyl groups is 1. The molecule has 2 rings (SSSR count). The van der Waals surface area contributed by atoms with E-state index in [-0.39, 0.29) is 18.1 Å². The number of carbonyl (C=O) groups is 1. The number of aromatic nitrogens is 1. The Morgan fingerprint density at radius 3 is 2.94 bits per heavy atom. The van der Waals surface area contributed by atoms with Crippen molar-refractivity contribution < 1.29 is 9.90 Å². The van der Waals surface area contributed by atoms with Gasteiger partial charge in [-0.25, -0.2) is 0 Å². The van der Waals surface area contributed by atoms with E-state index in [9.17, 15) is 9.90 Å². The number of amides is 1. The fourth-order valence-electron chi connectivity index (χ4n) is 2.24. The fraction of sp³-hybridized carbons (Fsp3) is 0.538. The molecule has 0 radical (unpaired) electrons. The molecule has 1 heterocycles. The Kier molecular flexibility index (Phi) is 4.60. The first-order valence-corrected chi connectivity index (χ1v) is 7.47. The van der Waals surface area contributed by atoms with Gasteiger partial charge in [0.05, 0.1) is 23.6 Å². The minimum Gasteiger partial charge on any atom is -0.393 e. The van der Waals surface area contributed by atoms with Gasteiger partial charge in [-0.2, -0.15) is 11.8 Å². The Morgan fingerprint density at radius 2 is 2.39 bits per heavy atom. The third-order valence-corrected chi connectivity index (χ3v) is 3.77. The third-order valence-electron chi connectivity index (χ3n) is 3.22. The van der Waals surface area contributed by atoms with Crippen molar-refractivity contribution >= 4 is 17.7 Å². The van der Waals surface area contributed by atoms with Crippen molar-refractivity contribution in [1.82, 2.24) is 10.3 Å². The van der Waals surface area contributed by atoms with E-state index in [0.29, 0.717) is 11.7 Å². The number of carbonyl (C=O) groups excluding carboxylic acids is 1. The third kappa shape index (κ3) is 3.23. The van der Waals surface area contributed by atoms with Gasteiger partial charge in [0.1, 0.15) is 0 Å². The maximum absolute atomic E-state index is 11.7. The van der Waals surface area contributed by atoms with Crippen molar-refractivity contribution in [2.24, 2.45) is 5.92 Å². The van der Waals surface area contributed by atoms with E-state index < -0.39 is 0 Å². The zero-order valence-corrected chi connectivity index (χ0v) is 11.2. The van der Waals surface area contributed by atoms with Crippen molar-refractivity contribution in [3.05, 3.63) is 30.1 Å². The lowest BCUT2D eigenvalue weighted by Gasteiger charge is -2.37. The van der Waals surface area contributed by atoms with Crippen molar-refractivity contribution in [2.75, 3.05) is 12.0 Å². The summed E-state index contributed by atoms with van der Waals surface area (Å²) >= 11 is 1.50. The number of hydrogen-bond donors (Lipinski definition) is 2. The molecule has 0 aliphatic heterocycles. The van der Waals surface area contributed by atoms with E-state index in [1.54, 1.807) is 6.20 Å². The second-order valence-corrected chi connectivity index (χ2v) is 5.48. The predicted octanol–water partition coefficient (Wildman–Crippen LogP) is 1.37. The topological polar surface area (TPSA) is 62.2 Å². The van der Waals surface area contributed by atoms with Gasteiger partial charge >= 0.3 is 0 Å². The first-order valence-electron chi connectivity index (χ1n) is 6.08. The number of thioether (sulfide) groups is 1. The molecular weight excluding hydrogens is 248 g/mol. The van der Waals surface area contributed by atoms with E-state index in [2.05, 4.69) is 10.3 Å². The number of rotatable bonds is 5. The van der Waals surface area contributed by atoms with Crippen molar-refractivity contribution in [2.45, 2.75) is 25.0 Å². The lowest BCUT2D eigenvalue weighted by Crippen LogP contribution is -2.42. The van der Waals surface area contributed by atoms with Crippen LogP contribution in [0.25, 0.3) is 0 Å². The number of nitrogens with zero attached hydrogens (tertiary/aromatic N) is 1. The van der Waals surface area contributed by atoms with Crippen molar-refractivity contribution in [3.8, 4) is 0 Å². The molecule has 98 valence electrons. The highest BCUT2D eigenvalue weighted by Gasteiger charge is 2.36. The highest BCUT2D eigenvalue weighted by molar-refractivity contribution is 7.99. The van der Waals surface area contributed by atoms with Gasteiger partial charge < -0.3 is 10.4 Å². The number of nitrogens with one attached hydrogen (secondary N) is 1. The molecule has 0 spiro atoms. The Labute approximate surface area is 111 Å². The molecule has 2 N–H and O–H groups in total. The summed E-state index contributed by atoms with van der Waals surface area (Å²) in [6, 6.07) is 5.63. The van der Waals surface area contributed by atoms with Crippen LogP contribution in [0.5, 0.6) is 0 Å². The normalized spacial score (nSPS) is 24.1. The van der Waals surface area contributed by atoms with Gasteiger partial charge in [0, 0.05) is 6.20 Å². The van der Waals surface area contributed by atoms with Gasteiger partial charge in [-0.15, -0.1) is 0 Å². The molecule has 1 aromatic heterocycles. The summed E-state index contributed by atoms with van der Waals surface area (Å²) in [6.45, 7) is 0. The minimum atomic E-state index is -0.223. The molecule has 1 fully saturated rings. The molecule has 0 unspecified atom stereocenters. The highest BCUT2D eigenvalue weighted by atomic mass is 32.2. The molecule has 1 amide bonds. The van der Waals surface area contributed by atoms with Crippen LogP contribution in [-0.2, 0) is 4.79 Å². The van der Waals surface area contributed by atoms with E-state index >= 15 is 0 Å². The van der Waals surface area contributed by atoms with E-state index in [4.69, 9.17) is 0 Å². The van der Waals surface area contributed by atoms with Crippen LogP contribution in [0, 0.1) is 5.92 Å². The van der Waals surface area contributed by atoms with Crippen molar-refractivity contribution in [3.63, 3.8) is 0 Å². The first kappa shape index (κ1) is 13.4. The molecule has 1 aliphatic rings. The summed E-state index contributed by atoms with van der Waals surface area (Å²) < 4.78 is 0. The quantitative estimate of drug-likeness (QED) is 0.845. The summed E-state index contributed by atoms with van der Waals surface area (Å²) in [5.74, 6) is 0.777. The molecule has 18 heavy (non-hydrogen) atoms. The molecule has 4 nitrogen and oxygen atoms in total. The van der Waals surface area contributed by atoms with Crippen LogP contribution in [0.15, 0.2) is 24.4 Å². The zero-order valence-electron chi connectivity index (χ0n) is 10.4. The molecule has 1 aliphatic carbocycles. The highest BCUT2D eigenvalue weighted by Crippen LogP contribution is 2.37. The lowest BCUT2D eigenvalue weighted by molar-refractivity contribution is -0.120. The largest absolute Gasteiger partial charge is 0.393 e. The van der Waals surface area contributed by atoms with E-state index in [1.165, 1.54) is 11.8 Å². The van der Waals surface area contributed by atoms with Crippen LogP contribution in [0.4, 0.5) is 0 Å². The molecule has 5 heteroatoms. The van der Waals surface area contributed by atoms with E-state index in [0.717, 1.165) is 18.5 Å². The molecule has 0 aromatic carbocycles. The number of hydrogen-bond acceptors (Lipinski definition) is 4. The average molecular weight is 266 g/mol. The van der Waals surface area contributed by atoms with E-state index in [1.807, 2.05) is 24.5 Å². The second-order valence-electron chi connectivity index (χ2n) is 4.62. The standard InChI is InChI=1S/C13H18N2O2S/c1-18-8-12(17)15-13(9-6-10(16)7-9)11-4-2-3-5-14-11/h2-5,9-10,13,16H,6-8H2,1H3,(H,15,17)/t9?,10?,13-/m0/s1. The average Bonchev–Trinajstić information content (AvgIpc) is 2.34. The van der Waals surface area contributed by atoms with Gasteiger partial charge in [0.2, 0.25) is 5.91 Å². The van der Waals surface area contributed by atoms with Gasteiger partial charge in [0.25, 0.3) is 0 Å². The number of pyridine rings is 1. The summed E-state index contributed by atoms with van der Waals surface area (Å²) in [5.41, 5.74) is 0.879. The Balaban J connectivity index is 2.06. The fourth-order valence-corrected chi connectivity index (χ4v) is 2.59. The summed E-state index contributed by atoms with van der Waals surface area (Å²) in [6.07, 6.45) is 4.89. The molecule has 0 saturated heterocycles. The number of aliphatic hydroxyl groups excluding tert-OH is 1. The van der Waals surface area contributed by atoms with Crippen LogP contribution in [-0.4, -0.2) is 34.1 Å². The summed E-state index contributed by atoms with van der Waals surface area (Å²) in [4.78, 5) is 16.0. The maximum atomic E-state index is 11.7. The monoisotopic (exact) mass is 266 g/mol. The van der Waals surface area contributed by atoms with Crippen LogP contribution < -0.4 is 5.32 Å². The minimum absolute atomic E-state index is 0.0274. The van der Waals surface area contributed by atoms with Crippen LogP contribution in [0.2, 0.25) is 0 Å². The Bertz CT molecular complexity index is 393. The second kappa shape index (κ2) is 6.20. The van der Waals surface area contributed by atoms with Gasteiger partial charge in [-0.3, -0.25) is 9.78 Å². The lowest BCUT2D eigenvalue weighted by atomic mass is 9.76.